The number of ether oxygens (including phenoxy) is 2. The molecule has 0 amide bonds. The quantitative estimate of drug-likeness (QED) is 0.832. The molecule has 2 rings (SSSR count). The SMILES string of the molecule is COc1cc(N)cc(CN2CC(C)OC(C)C2)c1. The van der Waals surface area contributed by atoms with E-state index in [0.29, 0.717) is 0 Å². The van der Waals surface area contributed by atoms with E-state index in [1.54, 1.807) is 7.11 Å². The first-order chi connectivity index (χ1) is 8.56. The van der Waals surface area contributed by atoms with Crippen LogP contribution in [0.15, 0.2) is 18.2 Å². The van der Waals surface area contributed by atoms with Crippen molar-refractivity contribution in [3.8, 4) is 5.75 Å². The van der Waals surface area contributed by atoms with Crippen LogP contribution in [0.25, 0.3) is 0 Å². The molecule has 0 aliphatic carbocycles. The fraction of sp³-hybridized carbons (Fsp3) is 0.571. The molecule has 1 aliphatic heterocycles. The minimum absolute atomic E-state index is 0.289. The summed E-state index contributed by atoms with van der Waals surface area (Å²) in [5.41, 5.74) is 7.81. The summed E-state index contributed by atoms with van der Waals surface area (Å²) in [6.07, 6.45) is 0.577. The molecule has 0 saturated carbocycles. The van der Waals surface area contributed by atoms with Gasteiger partial charge < -0.3 is 15.2 Å². The molecule has 100 valence electrons. The molecular weight excluding hydrogens is 228 g/mol. The minimum Gasteiger partial charge on any atom is -0.497 e. The molecule has 2 N–H and O–H groups in total. The third-order valence-corrected chi connectivity index (χ3v) is 3.13. The van der Waals surface area contributed by atoms with Crippen LogP contribution in [0, 0.1) is 0 Å². The second kappa shape index (κ2) is 5.59. The molecule has 4 nitrogen and oxygen atoms in total. The monoisotopic (exact) mass is 250 g/mol. The van der Waals surface area contributed by atoms with Crippen molar-refractivity contribution in [1.82, 2.24) is 4.90 Å². The van der Waals surface area contributed by atoms with Crippen LogP contribution in [0.1, 0.15) is 19.4 Å². The first kappa shape index (κ1) is 13.2. The Morgan fingerprint density at radius 3 is 2.56 bits per heavy atom. The number of nitrogens with zero attached hydrogens (tertiary/aromatic N) is 1. The van der Waals surface area contributed by atoms with Crippen molar-refractivity contribution < 1.29 is 9.47 Å². The van der Waals surface area contributed by atoms with Gasteiger partial charge in [-0.05, 0) is 31.5 Å². The maximum Gasteiger partial charge on any atom is 0.121 e. The molecule has 1 fully saturated rings. The van der Waals surface area contributed by atoms with E-state index in [1.165, 1.54) is 5.56 Å². The summed E-state index contributed by atoms with van der Waals surface area (Å²) in [5.74, 6) is 0.819. The Bertz CT molecular complexity index is 399. The molecule has 1 aliphatic rings. The average molecular weight is 250 g/mol. The van der Waals surface area contributed by atoms with Crippen LogP contribution >= 0.6 is 0 Å². The Kier molecular flexibility index (Phi) is 4.09. The van der Waals surface area contributed by atoms with Crippen LogP contribution in [0.2, 0.25) is 0 Å². The lowest BCUT2D eigenvalue weighted by molar-refractivity contribution is -0.0704. The molecule has 2 unspecified atom stereocenters. The highest BCUT2D eigenvalue weighted by atomic mass is 16.5. The van der Waals surface area contributed by atoms with Crippen molar-refractivity contribution in [2.75, 3.05) is 25.9 Å². The maximum atomic E-state index is 5.87. The average Bonchev–Trinajstić information content (AvgIpc) is 2.26. The molecule has 0 bridgehead atoms. The van der Waals surface area contributed by atoms with Gasteiger partial charge in [-0.15, -0.1) is 0 Å². The molecule has 1 aromatic rings. The first-order valence-electron chi connectivity index (χ1n) is 6.38. The van der Waals surface area contributed by atoms with Crippen LogP contribution in [0.3, 0.4) is 0 Å². The second-order valence-electron chi connectivity index (χ2n) is 5.07. The highest BCUT2D eigenvalue weighted by Gasteiger charge is 2.22. The van der Waals surface area contributed by atoms with Crippen molar-refractivity contribution >= 4 is 5.69 Å². The summed E-state index contributed by atoms with van der Waals surface area (Å²) in [7, 11) is 1.66. The fourth-order valence-corrected chi connectivity index (χ4v) is 2.57. The first-order valence-corrected chi connectivity index (χ1v) is 6.38. The van der Waals surface area contributed by atoms with E-state index in [1.807, 2.05) is 18.2 Å². The number of anilines is 1. The van der Waals surface area contributed by atoms with Crippen molar-refractivity contribution in [3.05, 3.63) is 23.8 Å². The van der Waals surface area contributed by atoms with Gasteiger partial charge in [-0.25, -0.2) is 0 Å². The Hall–Kier alpha value is -1.26. The van der Waals surface area contributed by atoms with Crippen LogP contribution < -0.4 is 10.5 Å². The minimum atomic E-state index is 0.289. The molecule has 1 heterocycles. The number of nitrogen functional groups attached to an aromatic ring is 1. The van der Waals surface area contributed by atoms with Crippen LogP contribution in [0.4, 0.5) is 5.69 Å². The van der Waals surface area contributed by atoms with Crippen LogP contribution in [-0.2, 0) is 11.3 Å². The van der Waals surface area contributed by atoms with Crippen molar-refractivity contribution in [3.63, 3.8) is 0 Å². The van der Waals surface area contributed by atoms with E-state index in [-0.39, 0.29) is 12.2 Å². The van der Waals surface area contributed by atoms with Gasteiger partial charge in [0.1, 0.15) is 5.75 Å². The highest BCUT2D eigenvalue weighted by molar-refractivity contribution is 5.47. The van der Waals surface area contributed by atoms with E-state index >= 15 is 0 Å². The zero-order chi connectivity index (χ0) is 13.1. The van der Waals surface area contributed by atoms with E-state index < -0.39 is 0 Å². The second-order valence-corrected chi connectivity index (χ2v) is 5.07. The van der Waals surface area contributed by atoms with E-state index in [0.717, 1.165) is 31.1 Å². The van der Waals surface area contributed by atoms with Gasteiger partial charge in [0, 0.05) is 31.4 Å². The Morgan fingerprint density at radius 1 is 1.28 bits per heavy atom. The number of morpholine rings is 1. The van der Waals surface area contributed by atoms with E-state index in [2.05, 4.69) is 18.7 Å². The van der Waals surface area contributed by atoms with Gasteiger partial charge in [-0.3, -0.25) is 4.90 Å². The Labute approximate surface area is 109 Å². The molecule has 4 heteroatoms. The van der Waals surface area contributed by atoms with Gasteiger partial charge >= 0.3 is 0 Å². The summed E-state index contributed by atoms with van der Waals surface area (Å²) in [4.78, 5) is 2.40. The third kappa shape index (κ3) is 3.37. The summed E-state index contributed by atoms with van der Waals surface area (Å²) in [6.45, 7) is 7.04. The molecule has 1 aromatic carbocycles. The molecule has 0 aromatic heterocycles. The molecule has 2 atom stereocenters. The van der Waals surface area contributed by atoms with Gasteiger partial charge in [0.05, 0.1) is 19.3 Å². The Balaban J connectivity index is 2.06. The Morgan fingerprint density at radius 2 is 1.94 bits per heavy atom. The highest BCUT2D eigenvalue weighted by Crippen LogP contribution is 2.21. The van der Waals surface area contributed by atoms with Gasteiger partial charge in [-0.2, -0.15) is 0 Å². The number of nitrogens with two attached hydrogens (primary N) is 1. The van der Waals surface area contributed by atoms with E-state index in [9.17, 15) is 0 Å². The lowest BCUT2D eigenvalue weighted by atomic mass is 10.1. The predicted octanol–water partition coefficient (Wildman–Crippen LogP) is 1.89. The number of benzene rings is 1. The molecule has 1 saturated heterocycles. The van der Waals surface area contributed by atoms with Gasteiger partial charge in [0.15, 0.2) is 0 Å². The topological polar surface area (TPSA) is 47.7 Å². The number of rotatable bonds is 3. The molecule has 18 heavy (non-hydrogen) atoms. The zero-order valence-electron chi connectivity index (χ0n) is 11.3. The van der Waals surface area contributed by atoms with Gasteiger partial charge in [-0.1, -0.05) is 0 Å². The van der Waals surface area contributed by atoms with Gasteiger partial charge in [0.25, 0.3) is 0 Å². The molecule has 0 spiro atoms. The van der Waals surface area contributed by atoms with Crippen molar-refractivity contribution in [2.24, 2.45) is 0 Å². The zero-order valence-corrected chi connectivity index (χ0v) is 11.3. The lowest BCUT2D eigenvalue weighted by Gasteiger charge is -2.35. The van der Waals surface area contributed by atoms with Crippen molar-refractivity contribution in [1.29, 1.82) is 0 Å². The number of methoxy groups -OCH3 is 1. The normalized spacial score (nSPS) is 25.1. The molecular formula is C14H22N2O2. The fourth-order valence-electron chi connectivity index (χ4n) is 2.57. The number of hydrogen-bond acceptors (Lipinski definition) is 4. The predicted molar refractivity (Wildman–Crippen MR) is 72.7 cm³/mol. The summed E-state index contributed by atoms with van der Waals surface area (Å²) < 4.78 is 11.0. The third-order valence-electron chi connectivity index (χ3n) is 3.13. The van der Waals surface area contributed by atoms with E-state index in [4.69, 9.17) is 15.2 Å². The summed E-state index contributed by atoms with van der Waals surface area (Å²) in [6, 6.07) is 5.89. The van der Waals surface area contributed by atoms with Gasteiger partial charge in [0.2, 0.25) is 0 Å². The molecule has 0 radical (unpaired) electrons. The van der Waals surface area contributed by atoms with Crippen LogP contribution in [0.5, 0.6) is 5.75 Å². The van der Waals surface area contributed by atoms with Crippen molar-refractivity contribution in [2.45, 2.75) is 32.6 Å². The smallest absolute Gasteiger partial charge is 0.121 e. The summed E-state index contributed by atoms with van der Waals surface area (Å²) >= 11 is 0. The largest absolute Gasteiger partial charge is 0.497 e. The number of hydrogen-bond donors (Lipinski definition) is 1. The van der Waals surface area contributed by atoms with Crippen LogP contribution in [-0.4, -0.2) is 37.3 Å². The maximum absolute atomic E-state index is 5.87. The standard InChI is InChI=1S/C14H22N2O2/c1-10-7-16(8-11(2)18-10)9-12-4-13(15)6-14(5-12)17-3/h4-6,10-11H,7-9,15H2,1-3H3. The lowest BCUT2D eigenvalue weighted by Crippen LogP contribution is -2.44. The summed E-state index contributed by atoms with van der Waals surface area (Å²) in [5, 5.41) is 0.